The largest absolute Gasteiger partial charge is 0.346 e. The fraction of sp³-hybridized carbons (Fsp3) is 0.250. The van der Waals surface area contributed by atoms with Crippen molar-refractivity contribution in [3.63, 3.8) is 0 Å². The number of halogens is 1. The van der Waals surface area contributed by atoms with E-state index in [4.69, 9.17) is 5.73 Å². The zero-order valence-electron chi connectivity index (χ0n) is 9.13. The van der Waals surface area contributed by atoms with Gasteiger partial charge in [-0.25, -0.2) is 9.37 Å². The van der Waals surface area contributed by atoms with Crippen LogP contribution >= 0.6 is 0 Å². The number of rotatable bonds is 3. The summed E-state index contributed by atoms with van der Waals surface area (Å²) in [6.45, 7) is 2.42. The molecule has 0 saturated heterocycles. The molecule has 0 atom stereocenters. The summed E-state index contributed by atoms with van der Waals surface area (Å²) in [5.41, 5.74) is 7.52. The van der Waals surface area contributed by atoms with Gasteiger partial charge in [-0.1, -0.05) is 12.1 Å². The van der Waals surface area contributed by atoms with E-state index in [1.54, 1.807) is 18.2 Å². The third kappa shape index (κ3) is 1.97. The van der Waals surface area contributed by atoms with Crippen molar-refractivity contribution < 1.29 is 4.39 Å². The van der Waals surface area contributed by atoms with Crippen LogP contribution in [0.5, 0.6) is 0 Å². The Kier molecular flexibility index (Phi) is 3.01. The van der Waals surface area contributed by atoms with Crippen molar-refractivity contribution >= 4 is 0 Å². The van der Waals surface area contributed by atoms with Crippen LogP contribution in [0.4, 0.5) is 4.39 Å². The molecule has 1 heterocycles. The van der Waals surface area contributed by atoms with Crippen LogP contribution in [0.2, 0.25) is 0 Å². The Labute approximate surface area is 93.5 Å². The monoisotopic (exact) mass is 219 g/mol. The standard InChI is InChI=1S/C12H14FN3/c1-8-12(16-11(15-8)6-7-14)9-4-2-3-5-10(9)13/h2-5H,6-7,14H2,1H3,(H,15,16). The first-order valence-electron chi connectivity index (χ1n) is 5.23. The average Bonchev–Trinajstić information content (AvgIpc) is 2.61. The van der Waals surface area contributed by atoms with Crippen LogP contribution in [0.25, 0.3) is 11.3 Å². The van der Waals surface area contributed by atoms with Gasteiger partial charge in [0, 0.05) is 17.7 Å². The van der Waals surface area contributed by atoms with Gasteiger partial charge in [0.25, 0.3) is 0 Å². The summed E-state index contributed by atoms with van der Waals surface area (Å²) < 4.78 is 13.6. The van der Waals surface area contributed by atoms with Crippen molar-refractivity contribution in [3.8, 4) is 11.3 Å². The van der Waals surface area contributed by atoms with Gasteiger partial charge in [0.05, 0.1) is 5.69 Å². The van der Waals surface area contributed by atoms with E-state index in [1.807, 2.05) is 6.92 Å². The second kappa shape index (κ2) is 4.45. The van der Waals surface area contributed by atoms with E-state index in [-0.39, 0.29) is 5.82 Å². The Bertz CT molecular complexity index is 491. The molecule has 0 saturated carbocycles. The number of imidazole rings is 1. The Hall–Kier alpha value is -1.68. The van der Waals surface area contributed by atoms with Gasteiger partial charge in [0.2, 0.25) is 0 Å². The van der Waals surface area contributed by atoms with Gasteiger partial charge in [-0.3, -0.25) is 0 Å². The van der Waals surface area contributed by atoms with Crippen molar-refractivity contribution in [2.75, 3.05) is 6.54 Å². The number of aromatic nitrogens is 2. The number of aryl methyl sites for hydroxylation is 1. The van der Waals surface area contributed by atoms with Gasteiger partial charge in [0.1, 0.15) is 11.6 Å². The molecule has 0 spiro atoms. The van der Waals surface area contributed by atoms with Crippen molar-refractivity contribution in [2.24, 2.45) is 5.73 Å². The van der Waals surface area contributed by atoms with E-state index in [9.17, 15) is 4.39 Å². The van der Waals surface area contributed by atoms with E-state index in [0.29, 0.717) is 24.2 Å². The fourth-order valence-corrected chi connectivity index (χ4v) is 1.69. The first kappa shape index (κ1) is 10.8. The molecular formula is C12H14FN3. The maximum atomic E-state index is 13.6. The highest BCUT2D eigenvalue weighted by Crippen LogP contribution is 2.23. The Morgan fingerprint density at radius 2 is 2.12 bits per heavy atom. The first-order valence-corrected chi connectivity index (χ1v) is 5.23. The molecule has 0 bridgehead atoms. The Morgan fingerprint density at radius 1 is 1.38 bits per heavy atom. The molecule has 3 N–H and O–H groups in total. The van der Waals surface area contributed by atoms with Gasteiger partial charge in [0.15, 0.2) is 0 Å². The lowest BCUT2D eigenvalue weighted by molar-refractivity contribution is 0.630. The quantitative estimate of drug-likeness (QED) is 0.829. The van der Waals surface area contributed by atoms with E-state index in [0.717, 1.165) is 11.5 Å². The number of nitrogens with two attached hydrogens (primary N) is 1. The number of nitrogens with one attached hydrogen (secondary N) is 1. The molecule has 4 heteroatoms. The van der Waals surface area contributed by atoms with E-state index < -0.39 is 0 Å². The fourth-order valence-electron chi connectivity index (χ4n) is 1.69. The van der Waals surface area contributed by atoms with Crippen molar-refractivity contribution in [3.05, 3.63) is 41.6 Å². The van der Waals surface area contributed by atoms with Crippen LogP contribution in [0.1, 0.15) is 11.5 Å². The summed E-state index contributed by atoms with van der Waals surface area (Å²) in [6, 6.07) is 6.63. The summed E-state index contributed by atoms with van der Waals surface area (Å²) in [5, 5.41) is 0. The van der Waals surface area contributed by atoms with E-state index in [1.165, 1.54) is 6.07 Å². The summed E-state index contributed by atoms with van der Waals surface area (Å²) in [4.78, 5) is 7.47. The zero-order chi connectivity index (χ0) is 11.5. The average molecular weight is 219 g/mol. The third-order valence-corrected chi connectivity index (χ3v) is 2.44. The van der Waals surface area contributed by atoms with Crippen LogP contribution in [-0.4, -0.2) is 16.5 Å². The van der Waals surface area contributed by atoms with Crippen LogP contribution in [-0.2, 0) is 6.42 Å². The van der Waals surface area contributed by atoms with E-state index >= 15 is 0 Å². The molecule has 0 fully saturated rings. The van der Waals surface area contributed by atoms with Crippen LogP contribution in [0, 0.1) is 12.7 Å². The predicted molar refractivity (Wildman–Crippen MR) is 61.5 cm³/mol. The van der Waals surface area contributed by atoms with Gasteiger partial charge >= 0.3 is 0 Å². The number of H-pyrrole nitrogens is 1. The smallest absolute Gasteiger partial charge is 0.132 e. The van der Waals surface area contributed by atoms with Gasteiger partial charge in [-0.05, 0) is 25.6 Å². The molecule has 0 aliphatic carbocycles. The molecule has 3 nitrogen and oxygen atoms in total. The second-order valence-corrected chi connectivity index (χ2v) is 3.68. The number of nitrogens with zero attached hydrogens (tertiary/aromatic N) is 1. The summed E-state index contributed by atoms with van der Waals surface area (Å²) in [6.07, 6.45) is 0.676. The molecule has 0 unspecified atom stereocenters. The molecule has 0 radical (unpaired) electrons. The minimum Gasteiger partial charge on any atom is -0.346 e. The highest BCUT2D eigenvalue weighted by Gasteiger charge is 2.11. The van der Waals surface area contributed by atoms with Crippen molar-refractivity contribution in [2.45, 2.75) is 13.3 Å². The van der Waals surface area contributed by atoms with Gasteiger partial charge < -0.3 is 10.7 Å². The van der Waals surface area contributed by atoms with Gasteiger partial charge in [-0.15, -0.1) is 0 Å². The minimum absolute atomic E-state index is 0.253. The lowest BCUT2D eigenvalue weighted by Crippen LogP contribution is -2.03. The molecule has 84 valence electrons. The number of hydrogen-bond donors (Lipinski definition) is 2. The number of aromatic amines is 1. The lowest BCUT2D eigenvalue weighted by Gasteiger charge is -1.99. The van der Waals surface area contributed by atoms with Crippen LogP contribution in [0.3, 0.4) is 0 Å². The van der Waals surface area contributed by atoms with Crippen LogP contribution < -0.4 is 5.73 Å². The summed E-state index contributed by atoms with van der Waals surface area (Å²) >= 11 is 0. The summed E-state index contributed by atoms with van der Waals surface area (Å²) in [7, 11) is 0. The Balaban J connectivity index is 2.44. The zero-order valence-corrected chi connectivity index (χ0v) is 9.13. The topological polar surface area (TPSA) is 54.7 Å². The normalized spacial score (nSPS) is 10.7. The minimum atomic E-state index is -0.253. The Morgan fingerprint density at radius 3 is 2.81 bits per heavy atom. The SMILES string of the molecule is Cc1[nH]c(CCN)nc1-c1ccccc1F. The van der Waals surface area contributed by atoms with Crippen LogP contribution in [0.15, 0.2) is 24.3 Å². The molecule has 0 amide bonds. The highest BCUT2D eigenvalue weighted by molar-refractivity contribution is 5.62. The maximum absolute atomic E-state index is 13.6. The summed E-state index contributed by atoms with van der Waals surface area (Å²) in [5.74, 6) is 0.551. The predicted octanol–water partition coefficient (Wildman–Crippen LogP) is 2.03. The number of hydrogen-bond acceptors (Lipinski definition) is 2. The second-order valence-electron chi connectivity index (χ2n) is 3.68. The molecule has 1 aromatic heterocycles. The molecule has 1 aromatic carbocycles. The molecule has 2 aromatic rings. The third-order valence-electron chi connectivity index (χ3n) is 2.44. The molecule has 0 aliphatic heterocycles. The van der Waals surface area contributed by atoms with Crippen molar-refractivity contribution in [1.29, 1.82) is 0 Å². The first-order chi connectivity index (χ1) is 7.72. The van der Waals surface area contributed by atoms with E-state index in [2.05, 4.69) is 9.97 Å². The number of benzene rings is 1. The molecular weight excluding hydrogens is 205 g/mol. The van der Waals surface area contributed by atoms with Crippen molar-refractivity contribution in [1.82, 2.24) is 9.97 Å². The molecule has 0 aliphatic rings. The maximum Gasteiger partial charge on any atom is 0.132 e. The molecule has 2 rings (SSSR count). The molecule has 16 heavy (non-hydrogen) atoms. The van der Waals surface area contributed by atoms with Gasteiger partial charge in [-0.2, -0.15) is 0 Å². The lowest BCUT2D eigenvalue weighted by atomic mass is 10.1. The highest BCUT2D eigenvalue weighted by atomic mass is 19.1.